The van der Waals surface area contributed by atoms with Gasteiger partial charge in [-0.3, -0.25) is 5.10 Å². The highest BCUT2D eigenvalue weighted by Gasteiger charge is 2.13. The van der Waals surface area contributed by atoms with Gasteiger partial charge in [-0.1, -0.05) is 99.6 Å². The Kier molecular flexibility index (Phi) is 4.41. The van der Waals surface area contributed by atoms with Crippen LogP contribution in [-0.4, -0.2) is 10.2 Å². The summed E-state index contributed by atoms with van der Waals surface area (Å²) in [6, 6.07) is 29.8. The smallest absolute Gasteiger partial charge is 0.0927 e. The second-order valence-electron chi connectivity index (χ2n) is 7.94. The van der Waals surface area contributed by atoms with E-state index in [9.17, 15) is 0 Å². The van der Waals surface area contributed by atoms with Crippen molar-refractivity contribution in [3.8, 4) is 33.6 Å². The topological polar surface area (TPSA) is 28.7 Å². The SMILES string of the molecule is CC(C)(C)c1ccc(-c2cc(-c3ccc(-c4ccccc4)cc3)n[nH]2)cc1. The fraction of sp³-hybridized carbons (Fsp3) is 0.160. The average molecular weight is 352 g/mol. The minimum atomic E-state index is 0.165. The lowest BCUT2D eigenvalue weighted by atomic mass is 9.86. The van der Waals surface area contributed by atoms with E-state index in [1.165, 1.54) is 16.7 Å². The third-order valence-corrected chi connectivity index (χ3v) is 4.93. The maximum Gasteiger partial charge on any atom is 0.0927 e. The summed E-state index contributed by atoms with van der Waals surface area (Å²) < 4.78 is 0. The van der Waals surface area contributed by atoms with Gasteiger partial charge >= 0.3 is 0 Å². The van der Waals surface area contributed by atoms with Gasteiger partial charge in [0.15, 0.2) is 0 Å². The summed E-state index contributed by atoms with van der Waals surface area (Å²) in [6.45, 7) is 6.69. The average Bonchev–Trinajstić information content (AvgIpc) is 3.18. The molecular weight excluding hydrogens is 328 g/mol. The lowest BCUT2D eigenvalue weighted by Crippen LogP contribution is -2.10. The Morgan fingerprint density at radius 2 is 1.19 bits per heavy atom. The zero-order chi connectivity index (χ0) is 18.9. The number of nitrogens with zero attached hydrogens (tertiary/aromatic N) is 1. The first-order chi connectivity index (χ1) is 13.0. The number of H-pyrrole nitrogens is 1. The summed E-state index contributed by atoms with van der Waals surface area (Å²) in [7, 11) is 0. The van der Waals surface area contributed by atoms with E-state index in [-0.39, 0.29) is 5.41 Å². The molecule has 4 aromatic rings. The largest absolute Gasteiger partial charge is 0.277 e. The van der Waals surface area contributed by atoms with Crippen LogP contribution in [0.5, 0.6) is 0 Å². The van der Waals surface area contributed by atoms with Crippen molar-refractivity contribution in [3.05, 3.63) is 90.5 Å². The van der Waals surface area contributed by atoms with Gasteiger partial charge in [-0.15, -0.1) is 0 Å². The first-order valence-electron chi connectivity index (χ1n) is 9.33. The summed E-state index contributed by atoms with van der Waals surface area (Å²) in [5.41, 5.74) is 8.22. The van der Waals surface area contributed by atoms with E-state index in [2.05, 4.69) is 110 Å². The van der Waals surface area contributed by atoms with Gasteiger partial charge in [0.2, 0.25) is 0 Å². The maximum absolute atomic E-state index is 4.51. The van der Waals surface area contributed by atoms with E-state index >= 15 is 0 Å². The van der Waals surface area contributed by atoms with Gasteiger partial charge in [-0.2, -0.15) is 5.10 Å². The van der Waals surface area contributed by atoms with Gasteiger partial charge in [-0.25, -0.2) is 0 Å². The molecule has 0 unspecified atom stereocenters. The van der Waals surface area contributed by atoms with Crippen molar-refractivity contribution in [2.45, 2.75) is 26.2 Å². The van der Waals surface area contributed by atoms with E-state index in [0.717, 1.165) is 22.5 Å². The molecule has 0 aliphatic carbocycles. The summed E-state index contributed by atoms with van der Waals surface area (Å²) in [5, 5.41) is 7.69. The minimum absolute atomic E-state index is 0.165. The first-order valence-corrected chi connectivity index (χ1v) is 9.33. The molecule has 2 nitrogen and oxygen atoms in total. The van der Waals surface area contributed by atoms with E-state index in [1.54, 1.807) is 0 Å². The van der Waals surface area contributed by atoms with Crippen LogP contribution in [0.4, 0.5) is 0 Å². The van der Waals surface area contributed by atoms with E-state index in [0.29, 0.717) is 0 Å². The summed E-state index contributed by atoms with van der Waals surface area (Å²) >= 11 is 0. The molecule has 0 aliphatic rings. The number of hydrogen-bond acceptors (Lipinski definition) is 1. The quantitative estimate of drug-likeness (QED) is 0.436. The van der Waals surface area contributed by atoms with Crippen molar-refractivity contribution in [2.24, 2.45) is 0 Å². The van der Waals surface area contributed by atoms with Crippen molar-refractivity contribution in [1.82, 2.24) is 10.2 Å². The highest BCUT2D eigenvalue weighted by Crippen LogP contribution is 2.28. The van der Waals surface area contributed by atoms with Crippen molar-refractivity contribution in [3.63, 3.8) is 0 Å². The predicted octanol–water partition coefficient (Wildman–Crippen LogP) is 6.71. The second-order valence-corrected chi connectivity index (χ2v) is 7.94. The molecule has 0 bridgehead atoms. The fourth-order valence-electron chi connectivity index (χ4n) is 3.23. The monoisotopic (exact) mass is 352 g/mol. The van der Waals surface area contributed by atoms with E-state index < -0.39 is 0 Å². The van der Waals surface area contributed by atoms with Crippen molar-refractivity contribution >= 4 is 0 Å². The van der Waals surface area contributed by atoms with E-state index in [1.807, 2.05) is 6.07 Å². The Hall–Kier alpha value is -3.13. The molecule has 3 aromatic carbocycles. The number of rotatable bonds is 3. The van der Waals surface area contributed by atoms with Crippen LogP contribution in [0, 0.1) is 0 Å². The number of nitrogens with one attached hydrogen (secondary N) is 1. The third-order valence-electron chi connectivity index (χ3n) is 4.93. The predicted molar refractivity (Wildman–Crippen MR) is 114 cm³/mol. The highest BCUT2D eigenvalue weighted by atomic mass is 15.1. The van der Waals surface area contributed by atoms with Crippen LogP contribution in [-0.2, 0) is 5.41 Å². The molecular formula is C25H24N2. The molecule has 0 spiro atoms. The normalized spacial score (nSPS) is 11.5. The van der Waals surface area contributed by atoms with Gasteiger partial charge in [0.25, 0.3) is 0 Å². The molecule has 0 radical (unpaired) electrons. The zero-order valence-corrected chi connectivity index (χ0v) is 16.0. The number of aromatic amines is 1. The summed E-state index contributed by atoms with van der Waals surface area (Å²) in [5.74, 6) is 0. The van der Waals surface area contributed by atoms with Crippen molar-refractivity contribution < 1.29 is 0 Å². The molecule has 4 rings (SSSR count). The number of aromatic nitrogens is 2. The lowest BCUT2D eigenvalue weighted by Gasteiger charge is -2.18. The molecule has 0 atom stereocenters. The van der Waals surface area contributed by atoms with Gasteiger partial charge in [0, 0.05) is 5.56 Å². The van der Waals surface area contributed by atoms with Crippen LogP contribution in [0.1, 0.15) is 26.3 Å². The molecule has 0 saturated carbocycles. The van der Waals surface area contributed by atoms with Gasteiger partial charge in [0.1, 0.15) is 0 Å². The van der Waals surface area contributed by atoms with Crippen LogP contribution in [0.15, 0.2) is 84.9 Å². The number of hydrogen-bond donors (Lipinski definition) is 1. The molecule has 0 fully saturated rings. The Labute approximate surface area is 160 Å². The Bertz CT molecular complexity index is 1020. The van der Waals surface area contributed by atoms with Crippen LogP contribution in [0.25, 0.3) is 33.6 Å². The zero-order valence-electron chi connectivity index (χ0n) is 16.0. The minimum Gasteiger partial charge on any atom is -0.277 e. The van der Waals surface area contributed by atoms with Gasteiger partial charge < -0.3 is 0 Å². The van der Waals surface area contributed by atoms with Crippen LogP contribution in [0.3, 0.4) is 0 Å². The van der Waals surface area contributed by atoms with Gasteiger partial charge in [0.05, 0.1) is 11.4 Å². The van der Waals surface area contributed by atoms with Crippen LogP contribution in [0.2, 0.25) is 0 Å². The van der Waals surface area contributed by atoms with Crippen LogP contribution < -0.4 is 0 Å². The molecule has 0 amide bonds. The van der Waals surface area contributed by atoms with E-state index in [4.69, 9.17) is 0 Å². The van der Waals surface area contributed by atoms with Gasteiger partial charge in [-0.05, 0) is 33.7 Å². The molecule has 27 heavy (non-hydrogen) atoms. The van der Waals surface area contributed by atoms with Crippen LogP contribution >= 0.6 is 0 Å². The molecule has 0 aliphatic heterocycles. The summed E-state index contributed by atoms with van der Waals surface area (Å²) in [6.07, 6.45) is 0. The fourth-order valence-corrected chi connectivity index (χ4v) is 3.23. The molecule has 1 N–H and O–H groups in total. The number of benzene rings is 3. The lowest BCUT2D eigenvalue weighted by molar-refractivity contribution is 0.590. The Morgan fingerprint density at radius 3 is 1.81 bits per heavy atom. The molecule has 2 heteroatoms. The maximum atomic E-state index is 4.51. The highest BCUT2D eigenvalue weighted by molar-refractivity contribution is 5.71. The molecule has 1 heterocycles. The van der Waals surface area contributed by atoms with Crippen molar-refractivity contribution in [1.29, 1.82) is 0 Å². The second kappa shape index (κ2) is 6.88. The first kappa shape index (κ1) is 17.3. The molecule has 1 aromatic heterocycles. The Morgan fingerprint density at radius 1 is 0.630 bits per heavy atom. The standard InChI is InChI=1S/C25H24N2/c1-25(2,3)22-15-13-21(14-16-22)24-17-23(26-27-24)20-11-9-19(10-12-20)18-7-5-4-6-8-18/h4-17H,1-3H3,(H,26,27). The summed E-state index contributed by atoms with van der Waals surface area (Å²) in [4.78, 5) is 0. The Balaban J connectivity index is 1.57. The third kappa shape index (κ3) is 3.70. The molecule has 0 saturated heterocycles. The molecule has 134 valence electrons. The van der Waals surface area contributed by atoms with Crippen molar-refractivity contribution in [2.75, 3.05) is 0 Å².